The summed E-state index contributed by atoms with van der Waals surface area (Å²) in [6.45, 7) is 0. The van der Waals surface area contributed by atoms with E-state index in [9.17, 15) is 0 Å². The first-order valence-electron chi connectivity index (χ1n) is 5.61. The van der Waals surface area contributed by atoms with Crippen LogP contribution in [0.5, 0.6) is 0 Å². The Balaban J connectivity index is 2.03. The molecule has 1 unspecified atom stereocenters. The Kier molecular flexibility index (Phi) is 4.86. The van der Waals surface area contributed by atoms with Gasteiger partial charge in [0.15, 0.2) is 0 Å². The Bertz CT molecular complexity index is 451. The van der Waals surface area contributed by atoms with Crippen molar-refractivity contribution in [3.8, 4) is 0 Å². The van der Waals surface area contributed by atoms with Crippen molar-refractivity contribution in [2.75, 3.05) is 5.33 Å². The van der Waals surface area contributed by atoms with E-state index in [4.69, 9.17) is 4.42 Å². The Morgan fingerprint density at radius 1 is 1.06 bits per heavy atom. The van der Waals surface area contributed by atoms with Gasteiger partial charge >= 0.3 is 0 Å². The van der Waals surface area contributed by atoms with Gasteiger partial charge in [-0.1, -0.05) is 50.1 Å². The minimum atomic E-state index is 0.555. The Morgan fingerprint density at radius 2 is 1.88 bits per heavy atom. The number of hydrogen-bond acceptors (Lipinski definition) is 1. The molecule has 1 aromatic heterocycles. The van der Waals surface area contributed by atoms with Crippen LogP contribution in [0.1, 0.15) is 11.3 Å². The third-order valence-corrected chi connectivity index (χ3v) is 4.44. The summed E-state index contributed by atoms with van der Waals surface area (Å²) in [4.78, 5) is 0. The summed E-state index contributed by atoms with van der Waals surface area (Å²) in [6.07, 6.45) is 3.76. The van der Waals surface area contributed by atoms with Crippen molar-refractivity contribution in [3.05, 3.63) is 58.5 Å². The van der Waals surface area contributed by atoms with E-state index in [1.807, 2.05) is 18.2 Å². The van der Waals surface area contributed by atoms with Crippen LogP contribution in [-0.4, -0.2) is 5.33 Å². The molecule has 90 valence electrons. The number of alkyl halides is 1. The van der Waals surface area contributed by atoms with Crippen molar-refractivity contribution in [1.29, 1.82) is 0 Å². The van der Waals surface area contributed by atoms with Gasteiger partial charge in [0.25, 0.3) is 0 Å². The van der Waals surface area contributed by atoms with E-state index in [2.05, 4.69) is 50.1 Å². The molecule has 1 aromatic carbocycles. The molecule has 0 radical (unpaired) electrons. The van der Waals surface area contributed by atoms with E-state index in [-0.39, 0.29) is 0 Å². The van der Waals surface area contributed by atoms with Gasteiger partial charge in [0, 0.05) is 16.2 Å². The average molecular weight is 358 g/mol. The lowest BCUT2D eigenvalue weighted by molar-refractivity contribution is 0.460. The molecule has 1 atom stereocenters. The Morgan fingerprint density at radius 3 is 2.53 bits per heavy atom. The van der Waals surface area contributed by atoms with Crippen molar-refractivity contribution in [3.63, 3.8) is 0 Å². The highest BCUT2D eigenvalue weighted by Gasteiger charge is 2.12. The standard InChI is InChI=1S/C14H14Br2O/c15-10-11(9-13-5-3-7-17-13)8-12-4-1-2-6-14(12)16/h1-7,11H,8-10H2. The maximum Gasteiger partial charge on any atom is 0.104 e. The summed E-state index contributed by atoms with van der Waals surface area (Å²) in [5.74, 6) is 1.61. The quantitative estimate of drug-likeness (QED) is 0.698. The van der Waals surface area contributed by atoms with Crippen LogP contribution in [0.4, 0.5) is 0 Å². The Labute approximate surface area is 118 Å². The third kappa shape index (κ3) is 3.71. The zero-order valence-electron chi connectivity index (χ0n) is 9.40. The first kappa shape index (κ1) is 12.9. The molecular formula is C14H14Br2O. The normalized spacial score (nSPS) is 12.6. The zero-order valence-corrected chi connectivity index (χ0v) is 12.6. The van der Waals surface area contributed by atoms with Gasteiger partial charge in [0.05, 0.1) is 6.26 Å². The number of benzene rings is 1. The van der Waals surface area contributed by atoms with Gasteiger partial charge in [0.2, 0.25) is 0 Å². The minimum absolute atomic E-state index is 0.555. The molecule has 3 heteroatoms. The smallest absolute Gasteiger partial charge is 0.104 e. The molecule has 17 heavy (non-hydrogen) atoms. The number of hydrogen-bond donors (Lipinski definition) is 0. The van der Waals surface area contributed by atoms with Crippen LogP contribution >= 0.6 is 31.9 Å². The highest BCUT2D eigenvalue weighted by molar-refractivity contribution is 9.10. The lowest BCUT2D eigenvalue weighted by Crippen LogP contribution is -2.09. The van der Waals surface area contributed by atoms with Crippen LogP contribution in [0.15, 0.2) is 51.6 Å². The molecule has 0 aliphatic rings. The molecule has 0 saturated heterocycles. The summed E-state index contributed by atoms with van der Waals surface area (Å²) in [7, 11) is 0. The largest absolute Gasteiger partial charge is 0.469 e. The average Bonchev–Trinajstić information content (AvgIpc) is 2.84. The van der Waals surface area contributed by atoms with E-state index >= 15 is 0 Å². The summed E-state index contributed by atoms with van der Waals surface area (Å²) in [6, 6.07) is 12.4. The number of halogens is 2. The molecule has 0 amide bonds. The molecule has 2 rings (SSSR count). The molecule has 0 aliphatic carbocycles. The molecular weight excluding hydrogens is 344 g/mol. The van der Waals surface area contributed by atoms with E-state index < -0.39 is 0 Å². The predicted molar refractivity (Wildman–Crippen MR) is 77.5 cm³/mol. The van der Waals surface area contributed by atoms with Gasteiger partial charge < -0.3 is 4.42 Å². The van der Waals surface area contributed by atoms with E-state index in [1.165, 1.54) is 10.0 Å². The zero-order chi connectivity index (χ0) is 12.1. The van der Waals surface area contributed by atoms with Crippen LogP contribution < -0.4 is 0 Å². The number of furan rings is 1. The van der Waals surface area contributed by atoms with Gasteiger partial charge in [-0.15, -0.1) is 0 Å². The van der Waals surface area contributed by atoms with Gasteiger partial charge in [-0.05, 0) is 36.1 Å². The monoisotopic (exact) mass is 356 g/mol. The molecule has 1 heterocycles. The van der Waals surface area contributed by atoms with Gasteiger partial charge in [-0.25, -0.2) is 0 Å². The maximum absolute atomic E-state index is 5.40. The fourth-order valence-electron chi connectivity index (χ4n) is 1.87. The molecule has 2 aromatic rings. The van der Waals surface area contributed by atoms with Crippen LogP contribution in [0.25, 0.3) is 0 Å². The first-order chi connectivity index (χ1) is 8.29. The SMILES string of the molecule is BrCC(Cc1ccco1)Cc1ccccc1Br. The molecule has 0 fully saturated rings. The summed E-state index contributed by atoms with van der Waals surface area (Å²) < 4.78 is 6.59. The van der Waals surface area contributed by atoms with Crippen LogP contribution in [-0.2, 0) is 12.8 Å². The second kappa shape index (κ2) is 6.41. The highest BCUT2D eigenvalue weighted by Crippen LogP contribution is 2.22. The van der Waals surface area contributed by atoms with E-state index in [0.717, 1.165) is 23.9 Å². The minimum Gasteiger partial charge on any atom is -0.469 e. The number of rotatable bonds is 5. The molecule has 0 spiro atoms. The predicted octanol–water partition coefficient (Wildman–Crippen LogP) is 4.84. The lowest BCUT2D eigenvalue weighted by Gasteiger charge is -2.13. The highest BCUT2D eigenvalue weighted by atomic mass is 79.9. The van der Waals surface area contributed by atoms with Crippen LogP contribution in [0.2, 0.25) is 0 Å². The molecule has 0 saturated carbocycles. The van der Waals surface area contributed by atoms with Crippen molar-refractivity contribution >= 4 is 31.9 Å². The summed E-state index contributed by atoms with van der Waals surface area (Å²) in [5, 5.41) is 0.981. The molecule has 1 nitrogen and oxygen atoms in total. The third-order valence-electron chi connectivity index (χ3n) is 2.75. The van der Waals surface area contributed by atoms with Gasteiger partial charge in [0.1, 0.15) is 5.76 Å². The summed E-state index contributed by atoms with van der Waals surface area (Å²) >= 11 is 7.18. The van der Waals surface area contributed by atoms with Gasteiger partial charge in [-0.2, -0.15) is 0 Å². The van der Waals surface area contributed by atoms with Crippen molar-refractivity contribution in [2.24, 2.45) is 5.92 Å². The fraction of sp³-hybridized carbons (Fsp3) is 0.286. The van der Waals surface area contributed by atoms with E-state index in [0.29, 0.717) is 5.92 Å². The summed E-state index contributed by atoms with van der Waals surface area (Å²) in [5.41, 5.74) is 1.35. The fourth-order valence-corrected chi connectivity index (χ4v) is 2.77. The van der Waals surface area contributed by atoms with Crippen LogP contribution in [0.3, 0.4) is 0 Å². The maximum atomic E-state index is 5.40. The van der Waals surface area contributed by atoms with Gasteiger partial charge in [-0.3, -0.25) is 0 Å². The first-order valence-corrected chi connectivity index (χ1v) is 7.53. The van der Waals surface area contributed by atoms with E-state index in [1.54, 1.807) is 6.26 Å². The topological polar surface area (TPSA) is 13.1 Å². The molecule has 0 aliphatic heterocycles. The Hall–Kier alpha value is -0.540. The van der Waals surface area contributed by atoms with Crippen molar-refractivity contribution in [1.82, 2.24) is 0 Å². The lowest BCUT2D eigenvalue weighted by atomic mass is 9.97. The molecule has 0 N–H and O–H groups in total. The second-order valence-electron chi connectivity index (χ2n) is 4.10. The molecule has 0 bridgehead atoms. The van der Waals surface area contributed by atoms with Crippen molar-refractivity contribution in [2.45, 2.75) is 12.8 Å². The second-order valence-corrected chi connectivity index (χ2v) is 5.60. The van der Waals surface area contributed by atoms with Crippen LogP contribution in [0, 0.1) is 5.92 Å². The van der Waals surface area contributed by atoms with Crippen molar-refractivity contribution < 1.29 is 4.42 Å².